The van der Waals surface area contributed by atoms with Crippen LogP contribution in [0.4, 0.5) is 10.0 Å². The first kappa shape index (κ1) is 31.9. The van der Waals surface area contributed by atoms with Crippen molar-refractivity contribution < 1.29 is 28.7 Å². The number of ether oxygens (including phenoxy) is 2. The van der Waals surface area contributed by atoms with Crippen LogP contribution in [-0.2, 0) is 35.2 Å². The van der Waals surface area contributed by atoms with E-state index in [-0.39, 0.29) is 24.3 Å². The van der Waals surface area contributed by atoms with E-state index in [9.17, 15) is 19.2 Å². The lowest BCUT2D eigenvalue weighted by Crippen LogP contribution is -2.21. The number of amides is 2. The molecule has 2 aromatic heterocycles. The molecule has 3 aromatic rings. The van der Waals surface area contributed by atoms with Crippen LogP contribution in [0.25, 0.3) is 0 Å². The van der Waals surface area contributed by atoms with Crippen LogP contribution in [0.2, 0.25) is 0 Å². The molecule has 0 unspecified atom stereocenters. The highest BCUT2D eigenvalue weighted by molar-refractivity contribution is 7.17. The second-order valence-corrected chi connectivity index (χ2v) is 13.3. The van der Waals surface area contributed by atoms with Gasteiger partial charge in [-0.15, -0.1) is 22.7 Å². The SMILES string of the molecule is CCOC(=O)c1c(NC(=O)c2ccccc2C(=O)Nc2sc3c(c2C(=O)OCC)CCCCCC3)sc2c1CCCCCC2. The Hall–Kier alpha value is -3.50. The number of esters is 2. The van der Waals surface area contributed by atoms with Crippen molar-refractivity contribution in [3.63, 3.8) is 0 Å². The Kier molecular flexibility index (Phi) is 10.9. The van der Waals surface area contributed by atoms with Crippen molar-refractivity contribution in [2.75, 3.05) is 23.8 Å². The molecule has 0 bridgehead atoms. The number of anilines is 2. The Morgan fingerprint density at radius 2 is 1.00 bits per heavy atom. The van der Waals surface area contributed by atoms with Gasteiger partial charge in [0.1, 0.15) is 10.0 Å². The van der Waals surface area contributed by atoms with Crippen molar-refractivity contribution >= 4 is 56.4 Å². The van der Waals surface area contributed by atoms with Gasteiger partial charge in [0.2, 0.25) is 0 Å². The molecule has 2 aliphatic carbocycles. The highest BCUT2D eigenvalue weighted by Crippen LogP contribution is 2.39. The summed E-state index contributed by atoms with van der Waals surface area (Å²) in [5.41, 5.74) is 3.14. The van der Waals surface area contributed by atoms with Crippen LogP contribution < -0.4 is 10.6 Å². The van der Waals surface area contributed by atoms with Crippen molar-refractivity contribution in [3.05, 3.63) is 67.4 Å². The van der Waals surface area contributed by atoms with Gasteiger partial charge in [0.25, 0.3) is 11.8 Å². The quantitative estimate of drug-likeness (QED) is 0.243. The van der Waals surface area contributed by atoms with Crippen LogP contribution in [0, 0.1) is 0 Å². The Balaban J connectivity index is 1.45. The van der Waals surface area contributed by atoms with Crippen molar-refractivity contribution in [2.45, 2.75) is 90.9 Å². The summed E-state index contributed by atoms with van der Waals surface area (Å²) in [6.45, 7) is 4.00. The first-order valence-corrected chi connectivity index (χ1v) is 17.4. The number of nitrogens with one attached hydrogen (secondary N) is 2. The Bertz CT molecular complexity index is 1430. The first-order valence-electron chi connectivity index (χ1n) is 15.8. The molecule has 2 heterocycles. The van der Waals surface area contributed by atoms with E-state index in [1.807, 2.05) is 0 Å². The van der Waals surface area contributed by atoms with Gasteiger partial charge in [-0.3, -0.25) is 9.59 Å². The van der Waals surface area contributed by atoms with Gasteiger partial charge in [0.15, 0.2) is 0 Å². The summed E-state index contributed by atoms with van der Waals surface area (Å²) in [6, 6.07) is 6.59. The summed E-state index contributed by atoms with van der Waals surface area (Å²) in [7, 11) is 0. The van der Waals surface area contributed by atoms with Crippen LogP contribution in [0.5, 0.6) is 0 Å². The molecule has 2 aliphatic rings. The predicted octanol–water partition coefficient (Wildman–Crippen LogP) is 7.99. The molecule has 0 atom stereocenters. The zero-order valence-electron chi connectivity index (χ0n) is 25.5. The van der Waals surface area contributed by atoms with Crippen LogP contribution in [0.3, 0.4) is 0 Å². The fourth-order valence-corrected chi connectivity index (χ4v) is 8.62. The normalized spacial score (nSPS) is 15.0. The Morgan fingerprint density at radius 3 is 1.39 bits per heavy atom. The number of carbonyl (C=O) groups is 4. The minimum Gasteiger partial charge on any atom is -0.462 e. The number of aryl methyl sites for hydroxylation is 2. The van der Waals surface area contributed by atoms with E-state index >= 15 is 0 Å². The highest BCUT2D eigenvalue weighted by Gasteiger charge is 2.29. The average Bonchev–Trinajstić information content (AvgIpc) is 3.49. The Labute approximate surface area is 266 Å². The summed E-state index contributed by atoms with van der Waals surface area (Å²) in [4.78, 5) is 55.9. The molecule has 1 aromatic carbocycles. The molecule has 0 aliphatic heterocycles. The largest absolute Gasteiger partial charge is 0.462 e. The third-order valence-corrected chi connectivity index (χ3v) is 10.6. The predicted molar refractivity (Wildman–Crippen MR) is 175 cm³/mol. The number of rotatable bonds is 8. The van der Waals surface area contributed by atoms with E-state index in [0.29, 0.717) is 21.1 Å². The molecule has 8 nitrogen and oxygen atoms in total. The van der Waals surface area contributed by atoms with Crippen molar-refractivity contribution in [2.24, 2.45) is 0 Å². The molecule has 0 saturated heterocycles. The van der Waals surface area contributed by atoms with Gasteiger partial charge in [-0.1, -0.05) is 37.8 Å². The molecular weight excluding hydrogens is 597 g/mol. The third kappa shape index (κ3) is 7.07. The summed E-state index contributed by atoms with van der Waals surface area (Å²) < 4.78 is 10.8. The molecule has 234 valence electrons. The van der Waals surface area contributed by atoms with E-state index < -0.39 is 23.8 Å². The number of hydrogen-bond acceptors (Lipinski definition) is 8. The second-order valence-electron chi connectivity index (χ2n) is 11.1. The topological polar surface area (TPSA) is 111 Å². The second kappa shape index (κ2) is 15.0. The third-order valence-electron chi connectivity index (χ3n) is 8.17. The van der Waals surface area contributed by atoms with E-state index in [2.05, 4.69) is 10.6 Å². The van der Waals surface area contributed by atoms with Gasteiger partial charge in [-0.05, 0) is 88.5 Å². The maximum Gasteiger partial charge on any atom is 0.341 e. The van der Waals surface area contributed by atoms with Crippen molar-refractivity contribution in [1.82, 2.24) is 0 Å². The van der Waals surface area contributed by atoms with Crippen LogP contribution in [0.1, 0.15) is 128 Å². The fraction of sp³-hybridized carbons (Fsp3) is 0.471. The highest BCUT2D eigenvalue weighted by atomic mass is 32.1. The molecule has 44 heavy (non-hydrogen) atoms. The van der Waals surface area contributed by atoms with E-state index in [1.54, 1.807) is 38.1 Å². The van der Waals surface area contributed by atoms with Crippen molar-refractivity contribution in [3.8, 4) is 0 Å². The molecule has 0 spiro atoms. The molecule has 0 fully saturated rings. The van der Waals surface area contributed by atoms with Gasteiger partial charge in [0, 0.05) is 9.75 Å². The number of carbonyl (C=O) groups excluding carboxylic acids is 4. The lowest BCUT2D eigenvalue weighted by atomic mass is 9.96. The van der Waals surface area contributed by atoms with Gasteiger partial charge in [-0.2, -0.15) is 0 Å². The molecule has 2 N–H and O–H groups in total. The summed E-state index contributed by atoms with van der Waals surface area (Å²) in [6.07, 6.45) is 11.8. The minimum absolute atomic E-state index is 0.174. The van der Waals surface area contributed by atoms with Crippen LogP contribution in [0.15, 0.2) is 24.3 Å². The van der Waals surface area contributed by atoms with Gasteiger partial charge >= 0.3 is 11.9 Å². The molecule has 0 saturated carbocycles. The maximum absolute atomic E-state index is 13.8. The summed E-state index contributed by atoms with van der Waals surface area (Å²) >= 11 is 2.85. The van der Waals surface area contributed by atoms with Gasteiger partial charge in [-0.25, -0.2) is 9.59 Å². The summed E-state index contributed by atoms with van der Waals surface area (Å²) in [5.74, 6) is -1.85. The smallest absolute Gasteiger partial charge is 0.341 e. The standard InChI is InChI=1S/C34H40N2O6S2/c1-3-41-33(39)27-23-17-9-5-7-11-19-25(23)43-31(27)35-29(37)21-15-13-14-16-22(21)30(38)36-32-28(34(40)42-4-2)24-18-10-6-8-12-20-26(24)44-32/h13-16H,3-12,17-20H2,1-2H3,(H,35,37)(H,36,38). The Morgan fingerprint density at radius 1 is 0.614 bits per heavy atom. The molecule has 10 heteroatoms. The zero-order chi connectivity index (χ0) is 31.1. The molecule has 2 amide bonds. The maximum atomic E-state index is 13.8. The fourth-order valence-electron chi connectivity index (χ4n) is 6.07. The lowest BCUT2D eigenvalue weighted by Gasteiger charge is -2.13. The van der Waals surface area contributed by atoms with Crippen LogP contribution in [-0.4, -0.2) is 37.0 Å². The van der Waals surface area contributed by atoms with Crippen LogP contribution >= 0.6 is 22.7 Å². The first-order chi connectivity index (χ1) is 21.4. The van der Waals surface area contributed by atoms with E-state index in [0.717, 1.165) is 97.9 Å². The zero-order valence-corrected chi connectivity index (χ0v) is 27.1. The van der Waals surface area contributed by atoms with E-state index in [1.165, 1.54) is 22.7 Å². The molecular formula is C34H40N2O6S2. The lowest BCUT2D eigenvalue weighted by molar-refractivity contribution is 0.0516. The number of benzene rings is 1. The van der Waals surface area contributed by atoms with Gasteiger partial charge in [0.05, 0.1) is 35.5 Å². The summed E-state index contributed by atoms with van der Waals surface area (Å²) in [5, 5.41) is 6.81. The molecule has 0 radical (unpaired) electrons. The van der Waals surface area contributed by atoms with Gasteiger partial charge < -0.3 is 20.1 Å². The number of fused-ring (bicyclic) bond motifs is 2. The monoisotopic (exact) mass is 636 g/mol. The van der Waals surface area contributed by atoms with Crippen molar-refractivity contribution in [1.29, 1.82) is 0 Å². The number of hydrogen-bond donors (Lipinski definition) is 2. The number of thiophene rings is 2. The van der Waals surface area contributed by atoms with E-state index in [4.69, 9.17) is 9.47 Å². The average molecular weight is 637 g/mol. The molecule has 5 rings (SSSR count). The minimum atomic E-state index is -0.486.